The van der Waals surface area contributed by atoms with Crippen LogP contribution in [0.15, 0.2) is 12.2 Å². The molecule has 3 nitrogen and oxygen atoms in total. The zero-order valence-electron chi connectivity index (χ0n) is 12.9. The maximum Gasteiger partial charge on any atom is 0.426 e. The Kier molecular flexibility index (Phi) is 6.99. The molecule has 0 fully saturated rings. The van der Waals surface area contributed by atoms with Gasteiger partial charge in [-0.2, -0.15) is 39.5 Å². The summed E-state index contributed by atoms with van der Waals surface area (Å²) in [6.07, 6.45) is -22.8. The molecule has 0 rings (SSSR count). The summed E-state index contributed by atoms with van der Waals surface area (Å²) in [5, 5.41) is 9.09. The lowest BCUT2D eigenvalue weighted by atomic mass is 9.90. The number of aliphatic hydroxyl groups is 1. The maximum absolute atomic E-state index is 12.7. The lowest BCUT2D eigenvalue weighted by molar-refractivity contribution is -0.374. The number of carbonyl (C=O) groups is 1. The van der Waals surface area contributed by atoms with E-state index < -0.39 is 60.5 Å². The summed E-state index contributed by atoms with van der Waals surface area (Å²) in [5.41, 5.74) is -7.34. The van der Waals surface area contributed by atoms with Crippen molar-refractivity contribution in [1.29, 1.82) is 0 Å². The molecule has 0 saturated carbocycles. The number of esters is 1. The Bertz CT molecular complexity index is 474. The van der Waals surface area contributed by atoms with E-state index in [2.05, 4.69) is 11.3 Å². The minimum absolute atomic E-state index is 0.647. The van der Waals surface area contributed by atoms with E-state index in [-0.39, 0.29) is 0 Å². The second-order valence-corrected chi connectivity index (χ2v) is 5.69. The zero-order chi connectivity index (χ0) is 20.4. The van der Waals surface area contributed by atoms with Crippen LogP contribution in [0.2, 0.25) is 0 Å². The average molecular weight is 390 g/mol. The molecular weight excluding hydrogens is 375 g/mol. The van der Waals surface area contributed by atoms with Crippen LogP contribution in [0.5, 0.6) is 0 Å². The van der Waals surface area contributed by atoms with Crippen molar-refractivity contribution in [3.05, 3.63) is 12.2 Å². The van der Waals surface area contributed by atoms with Crippen LogP contribution in [-0.4, -0.2) is 41.3 Å². The maximum atomic E-state index is 12.7. The van der Waals surface area contributed by atoms with Crippen LogP contribution < -0.4 is 0 Å². The molecule has 12 heteroatoms. The minimum atomic E-state index is -6.19. The molecule has 0 bridgehead atoms. The number of carbonyl (C=O) groups excluding carboxylic acids is 1. The molecule has 1 unspecified atom stereocenters. The lowest BCUT2D eigenvalue weighted by Gasteiger charge is -2.35. The van der Waals surface area contributed by atoms with Crippen molar-refractivity contribution in [3.63, 3.8) is 0 Å². The molecule has 0 aromatic carbocycles. The van der Waals surface area contributed by atoms with Gasteiger partial charge in [-0.1, -0.05) is 20.4 Å². The molecule has 0 aromatic heterocycles. The van der Waals surface area contributed by atoms with Crippen LogP contribution in [0.25, 0.3) is 0 Å². The van der Waals surface area contributed by atoms with Gasteiger partial charge < -0.3 is 9.84 Å². The first-order valence-corrected chi connectivity index (χ1v) is 6.65. The molecular formula is C13H15F9O3. The summed E-state index contributed by atoms with van der Waals surface area (Å²) in [7, 11) is 0. The van der Waals surface area contributed by atoms with E-state index in [1.165, 1.54) is 13.8 Å². The number of halogens is 9. The summed E-state index contributed by atoms with van der Waals surface area (Å²) in [6.45, 7) is 4.98. The van der Waals surface area contributed by atoms with Crippen LogP contribution >= 0.6 is 0 Å². The minimum Gasteiger partial charge on any atom is -0.459 e. The van der Waals surface area contributed by atoms with Crippen molar-refractivity contribution in [2.45, 2.75) is 56.9 Å². The average Bonchev–Trinajstić information content (AvgIpc) is 2.32. The smallest absolute Gasteiger partial charge is 0.426 e. The van der Waals surface area contributed by atoms with Crippen LogP contribution in [0.3, 0.4) is 0 Å². The summed E-state index contributed by atoms with van der Waals surface area (Å²) in [6, 6.07) is 0. The molecule has 0 aliphatic rings. The third kappa shape index (κ3) is 6.08. The van der Waals surface area contributed by atoms with Crippen LogP contribution in [-0.2, 0) is 9.53 Å². The summed E-state index contributed by atoms with van der Waals surface area (Å²) >= 11 is 0. The SMILES string of the molecule is C=C(C(=O)OC(CC(C)C)CC(O)(C(F)(F)F)C(F)(F)F)C(F)(F)F. The molecule has 0 radical (unpaired) electrons. The Balaban J connectivity index is 5.61. The second kappa shape index (κ2) is 7.42. The first-order valence-electron chi connectivity index (χ1n) is 6.65. The molecule has 0 amide bonds. The van der Waals surface area contributed by atoms with E-state index in [4.69, 9.17) is 5.11 Å². The van der Waals surface area contributed by atoms with Crippen molar-refractivity contribution < 1.29 is 54.2 Å². The van der Waals surface area contributed by atoms with Crippen molar-refractivity contribution in [3.8, 4) is 0 Å². The fourth-order valence-corrected chi connectivity index (χ4v) is 1.76. The monoisotopic (exact) mass is 390 g/mol. The lowest BCUT2D eigenvalue weighted by Crippen LogP contribution is -2.58. The van der Waals surface area contributed by atoms with Crippen molar-refractivity contribution in [2.75, 3.05) is 0 Å². The molecule has 0 aliphatic heterocycles. The highest BCUT2D eigenvalue weighted by Crippen LogP contribution is 2.46. The molecule has 1 atom stereocenters. The highest BCUT2D eigenvalue weighted by Gasteiger charge is 2.71. The van der Waals surface area contributed by atoms with Crippen LogP contribution in [0.4, 0.5) is 39.5 Å². The normalized spacial score (nSPS) is 15.2. The first-order chi connectivity index (χ1) is 10.8. The van der Waals surface area contributed by atoms with Gasteiger partial charge in [-0.05, 0) is 12.3 Å². The second-order valence-electron chi connectivity index (χ2n) is 5.69. The quantitative estimate of drug-likeness (QED) is 0.418. The van der Waals surface area contributed by atoms with Gasteiger partial charge in [0.05, 0.1) is 0 Å². The Morgan fingerprint density at radius 1 is 1.00 bits per heavy atom. The predicted molar refractivity (Wildman–Crippen MR) is 66.2 cm³/mol. The van der Waals surface area contributed by atoms with Gasteiger partial charge in [-0.3, -0.25) is 0 Å². The molecule has 0 aliphatic carbocycles. The summed E-state index contributed by atoms with van der Waals surface area (Å²) < 4.78 is 117. The van der Waals surface area contributed by atoms with Crippen molar-refractivity contribution >= 4 is 5.97 Å². The number of alkyl halides is 9. The molecule has 25 heavy (non-hydrogen) atoms. The van der Waals surface area contributed by atoms with E-state index in [1.807, 2.05) is 0 Å². The van der Waals surface area contributed by atoms with Crippen LogP contribution in [0, 0.1) is 5.92 Å². The molecule has 148 valence electrons. The van der Waals surface area contributed by atoms with Gasteiger partial charge in [0.15, 0.2) is 0 Å². The van der Waals surface area contributed by atoms with Crippen molar-refractivity contribution in [2.24, 2.45) is 5.92 Å². The number of hydrogen-bond acceptors (Lipinski definition) is 3. The highest BCUT2D eigenvalue weighted by molar-refractivity contribution is 5.89. The molecule has 0 heterocycles. The standard InChI is InChI=1S/C13H15F9O3/c1-6(2)4-8(25-9(23)7(3)11(14,15)16)5-10(24,12(17,18)19)13(20,21)22/h6,8,24H,3-5H2,1-2H3. The Labute approximate surface area is 136 Å². The van der Waals surface area contributed by atoms with E-state index >= 15 is 0 Å². The third-order valence-electron chi connectivity index (χ3n) is 3.06. The highest BCUT2D eigenvalue weighted by atomic mass is 19.4. The van der Waals surface area contributed by atoms with Crippen molar-refractivity contribution in [1.82, 2.24) is 0 Å². The largest absolute Gasteiger partial charge is 0.459 e. The van der Waals surface area contributed by atoms with Gasteiger partial charge in [0.2, 0.25) is 0 Å². The molecule has 0 saturated heterocycles. The van der Waals surface area contributed by atoms with Gasteiger partial charge in [0, 0.05) is 6.42 Å². The fraction of sp³-hybridized carbons (Fsp3) is 0.769. The third-order valence-corrected chi connectivity index (χ3v) is 3.06. The Hall–Kier alpha value is -1.46. The predicted octanol–water partition coefficient (Wildman–Crippen LogP) is 4.31. The van der Waals surface area contributed by atoms with Gasteiger partial charge in [0.1, 0.15) is 11.7 Å². The van der Waals surface area contributed by atoms with Gasteiger partial charge >= 0.3 is 24.5 Å². The fourth-order valence-electron chi connectivity index (χ4n) is 1.76. The topological polar surface area (TPSA) is 46.5 Å². The summed E-state index contributed by atoms with van der Waals surface area (Å²) in [5.74, 6) is -2.87. The van der Waals surface area contributed by atoms with E-state index in [0.717, 1.165) is 0 Å². The first kappa shape index (κ1) is 23.5. The Morgan fingerprint density at radius 2 is 1.40 bits per heavy atom. The van der Waals surface area contributed by atoms with E-state index in [0.29, 0.717) is 0 Å². The summed E-state index contributed by atoms with van der Waals surface area (Å²) in [4.78, 5) is 11.3. The molecule has 0 spiro atoms. The zero-order valence-corrected chi connectivity index (χ0v) is 12.9. The van der Waals surface area contributed by atoms with E-state index in [9.17, 15) is 44.3 Å². The number of hydrogen-bond donors (Lipinski definition) is 1. The van der Waals surface area contributed by atoms with E-state index in [1.54, 1.807) is 0 Å². The van der Waals surface area contributed by atoms with Crippen LogP contribution in [0.1, 0.15) is 26.7 Å². The van der Waals surface area contributed by atoms with Gasteiger partial charge in [0.25, 0.3) is 5.60 Å². The van der Waals surface area contributed by atoms with Gasteiger partial charge in [-0.25, -0.2) is 4.79 Å². The van der Waals surface area contributed by atoms with Gasteiger partial charge in [-0.15, -0.1) is 0 Å². The Morgan fingerprint density at radius 3 is 1.68 bits per heavy atom. The number of ether oxygens (including phenoxy) is 1. The molecule has 1 N–H and O–H groups in total. The molecule has 0 aromatic rings. The number of rotatable bonds is 6.